The Kier molecular flexibility index (Phi) is 2.38. The van der Waals surface area contributed by atoms with Gasteiger partial charge in [0.05, 0.1) is 0 Å². The standard InChI is InChI=1S/C10H19/c1-4-9-7-5-6-8-10(9,2)3/h4-8H2,1-3H3. The lowest BCUT2D eigenvalue weighted by Crippen LogP contribution is -2.25. The molecule has 59 valence electrons. The van der Waals surface area contributed by atoms with E-state index in [1.165, 1.54) is 32.1 Å². The molecule has 1 aliphatic carbocycles. The van der Waals surface area contributed by atoms with Crippen LogP contribution in [0.25, 0.3) is 0 Å². The summed E-state index contributed by atoms with van der Waals surface area (Å²) in [7, 11) is 0. The average Bonchev–Trinajstić information content (AvgIpc) is 1.87. The molecule has 0 N–H and O–H groups in total. The first-order valence-electron chi connectivity index (χ1n) is 4.52. The van der Waals surface area contributed by atoms with Crippen molar-refractivity contribution in [1.29, 1.82) is 0 Å². The van der Waals surface area contributed by atoms with E-state index in [1.807, 2.05) is 0 Å². The van der Waals surface area contributed by atoms with Gasteiger partial charge >= 0.3 is 0 Å². The molecule has 0 aromatic carbocycles. The predicted octanol–water partition coefficient (Wildman–Crippen LogP) is 3.57. The highest BCUT2D eigenvalue weighted by Gasteiger charge is 2.30. The maximum atomic E-state index is 2.39. The predicted molar refractivity (Wildman–Crippen MR) is 45.8 cm³/mol. The number of hydrogen-bond donors (Lipinski definition) is 0. The van der Waals surface area contributed by atoms with Crippen molar-refractivity contribution in [3.05, 3.63) is 5.92 Å². The molecule has 0 spiro atoms. The minimum absolute atomic E-state index is 0.562. The van der Waals surface area contributed by atoms with Crippen LogP contribution in [0.5, 0.6) is 0 Å². The van der Waals surface area contributed by atoms with Crippen molar-refractivity contribution in [2.75, 3.05) is 0 Å². The molecular weight excluding hydrogens is 120 g/mol. The Hall–Kier alpha value is 0. The topological polar surface area (TPSA) is 0 Å². The third-order valence-electron chi connectivity index (χ3n) is 2.91. The first kappa shape index (κ1) is 8.10. The van der Waals surface area contributed by atoms with Gasteiger partial charge in [-0.1, -0.05) is 33.6 Å². The van der Waals surface area contributed by atoms with Crippen molar-refractivity contribution in [2.24, 2.45) is 5.41 Å². The zero-order valence-electron chi connectivity index (χ0n) is 7.54. The van der Waals surface area contributed by atoms with Crippen molar-refractivity contribution in [2.45, 2.75) is 52.9 Å². The second-order valence-corrected chi connectivity index (χ2v) is 4.05. The second kappa shape index (κ2) is 2.94. The molecule has 1 fully saturated rings. The fraction of sp³-hybridized carbons (Fsp3) is 0.900. The lowest BCUT2D eigenvalue weighted by molar-refractivity contribution is 0.269. The highest BCUT2D eigenvalue weighted by atomic mass is 14.4. The molecule has 0 heterocycles. The highest BCUT2D eigenvalue weighted by molar-refractivity contribution is 5.04. The third-order valence-corrected chi connectivity index (χ3v) is 2.91. The van der Waals surface area contributed by atoms with Crippen LogP contribution in [-0.4, -0.2) is 0 Å². The van der Waals surface area contributed by atoms with Crippen LogP contribution in [0.4, 0.5) is 0 Å². The quantitative estimate of drug-likeness (QED) is 0.521. The van der Waals surface area contributed by atoms with Crippen molar-refractivity contribution >= 4 is 0 Å². The molecule has 0 saturated heterocycles. The maximum Gasteiger partial charge on any atom is -0.0187 e. The zero-order valence-corrected chi connectivity index (χ0v) is 7.54. The van der Waals surface area contributed by atoms with Crippen LogP contribution >= 0.6 is 0 Å². The second-order valence-electron chi connectivity index (χ2n) is 4.05. The molecule has 1 rings (SSSR count). The molecular formula is C10H19. The largest absolute Gasteiger partial charge is 0.0648 e. The monoisotopic (exact) mass is 139 g/mol. The van der Waals surface area contributed by atoms with Gasteiger partial charge in [-0.3, -0.25) is 0 Å². The van der Waals surface area contributed by atoms with Gasteiger partial charge in [0.15, 0.2) is 0 Å². The Bertz CT molecular complexity index is 103. The van der Waals surface area contributed by atoms with Crippen LogP contribution in [0.3, 0.4) is 0 Å². The van der Waals surface area contributed by atoms with E-state index in [0.29, 0.717) is 5.41 Å². The van der Waals surface area contributed by atoms with Crippen LogP contribution < -0.4 is 0 Å². The van der Waals surface area contributed by atoms with Crippen molar-refractivity contribution < 1.29 is 0 Å². The van der Waals surface area contributed by atoms with Crippen molar-refractivity contribution in [3.8, 4) is 0 Å². The molecule has 0 aromatic heterocycles. The molecule has 0 unspecified atom stereocenters. The molecule has 0 heteroatoms. The SMILES string of the molecule is CC[C]1CCCCC1(C)C. The van der Waals surface area contributed by atoms with E-state index in [2.05, 4.69) is 20.8 Å². The summed E-state index contributed by atoms with van der Waals surface area (Å²) in [6.07, 6.45) is 6.98. The molecule has 1 saturated carbocycles. The van der Waals surface area contributed by atoms with E-state index in [0.717, 1.165) is 0 Å². The smallest absolute Gasteiger partial charge is 0.0187 e. The van der Waals surface area contributed by atoms with Gasteiger partial charge < -0.3 is 0 Å². The first-order chi connectivity index (χ1) is 4.67. The summed E-state index contributed by atoms with van der Waals surface area (Å²) in [5.41, 5.74) is 0.562. The Morgan fingerprint density at radius 2 is 2.00 bits per heavy atom. The van der Waals surface area contributed by atoms with Gasteiger partial charge in [-0.25, -0.2) is 0 Å². The molecule has 1 aliphatic rings. The van der Waals surface area contributed by atoms with Gasteiger partial charge in [0, 0.05) is 0 Å². The van der Waals surface area contributed by atoms with Crippen LogP contribution in [0.2, 0.25) is 0 Å². The van der Waals surface area contributed by atoms with Crippen LogP contribution in [-0.2, 0) is 0 Å². The number of rotatable bonds is 1. The van der Waals surface area contributed by atoms with Crippen molar-refractivity contribution in [1.82, 2.24) is 0 Å². The molecule has 0 nitrogen and oxygen atoms in total. The molecule has 10 heavy (non-hydrogen) atoms. The summed E-state index contributed by atoms with van der Waals surface area (Å²) in [6.45, 7) is 7.08. The average molecular weight is 139 g/mol. The fourth-order valence-corrected chi connectivity index (χ4v) is 2.08. The number of hydrogen-bond acceptors (Lipinski definition) is 0. The van der Waals surface area contributed by atoms with E-state index in [1.54, 1.807) is 5.92 Å². The van der Waals surface area contributed by atoms with Gasteiger partial charge in [-0.15, -0.1) is 0 Å². The Morgan fingerprint density at radius 3 is 2.40 bits per heavy atom. The van der Waals surface area contributed by atoms with Gasteiger partial charge in [-0.2, -0.15) is 0 Å². The Balaban J connectivity index is 2.51. The van der Waals surface area contributed by atoms with E-state index >= 15 is 0 Å². The lowest BCUT2D eigenvalue weighted by atomic mass is 9.68. The third kappa shape index (κ3) is 1.53. The first-order valence-corrected chi connectivity index (χ1v) is 4.52. The van der Waals surface area contributed by atoms with E-state index < -0.39 is 0 Å². The van der Waals surface area contributed by atoms with Crippen LogP contribution in [0, 0.1) is 11.3 Å². The Morgan fingerprint density at radius 1 is 1.30 bits per heavy atom. The van der Waals surface area contributed by atoms with Gasteiger partial charge in [0.25, 0.3) is 0 Å². The molecule has 0 amide bonds. The molecule has 0 aliphatic heterocycles. The highest BCUT2D eigenvalue weighted by Crippen LogP contribution is 2.43. The summed E-state index contributed by atoms with van der Waals surface area (Å²) in [4.78, 5) is 0. The lowest BCUT2D eigenvalue weighted by Gasteiger charge is -2.37. The summed E-state index contributed by atoms with van der Waals surface area (Å²) >= 11 is 0. The van der Waals surface area contributed by atoms with Crippen LogP contribution in [0.1, 0.15) is 52.9 Å². The summed E-state index contributed by atoms with van der Waals surface area (Å²) in [5.74, 6) is 1.79. The minimum Gasteiger partial charge on any atom is -0.0648 e. The summed E-state index contributed by atoms with van der Waals surface area (Å²) in [6, 6.07) is 0. The normalized spacial score (nSPS) is 26.7. The van der Waals surface area contributed by atoms with Crippen LogP contribution in [0.15, 0.2) is 0 Å². The van der Waals surface area contributed by atoms with Gasteiger partial charge in [0.2, 0.25) is 0 Å². The maximum absolute atomic E-state index is 2.39. The van der Waals surface area contributed by atoms with Crippen molar-refractivity contribution in [3.63, 3.8) is 0 Å². The zero-order chi connectivity index (χ0) is 7.61. The molecule has 0 aromatic rings. The Labute approximate surface area is 65.0 Å². The summed E-state index contributed by atoms with van der Waals surface area (Å²) < 4.78 is 0. The molecule has 0 bridgehead atoms. The molecule has 1 radical (unpaired) electrons. The van der Waals surface area contributed by atoms with Gasteiger partial charge in [0.1, 0.15) is 0 Å². The van der Waals surface area contributed by atoms with E-state index in [-0.39, 0.29) is 0 Å². The van der Waals surface area contributed by atoms with E-state index in [4.69, 9.17) is 0 Å². The molecule has 0 atom stereocenters. The fourth-order valence-electron chi connectivity index (χ4n) is 2.08. The minimum atomic E-state index is 0.562. The summed E-state index contributed by atoms with van der Waals surface area (Å²) in [5, 5.41) is 0. The van der Waals surface area contributed by atoms with Gasteiger partial charge in [-0.05, 0) is 30.6 Å². The van der Waals surface area contributed by atoms with E-state index in [9.17, 15) is 0 Å².